The van der Waals surface area contributed by atoms with Crippen LogP contribution in [0.1, 0.15) is 37.4 Å². The lowest BCUT2D eigenvalue weighted by atomic mass is 9.83. The molecule has 0 saturated carbocycles. The van der Waals surface area contributed by atoms with Crippen molar-refractivity contribution >= 4 is 26.7 Å². The van der Waals surface area contributed by atoms with Crippen molar-refractivity contribution in [3.8, 4) is 0 Å². The quantitative estimate of drug-likeness (QED) is 0.815. The monoisotopic (exact) mass is 303 g/mol. The van der Waals surface area contributed by atoms with Crippen LogP contribution in [-0.2, 0) is 5.41 Å². The molecule has 2 aromatic carbocycles. The number of rotatable bonds is 1. The molecule has 0 saturated heterocycles. The standard InChI is InChI=1S/C16H18BrN/c1-16(2)9-14(18-3)12-8-13(17)10-6-4-5-7-11(10)15(12)16/h4-8,14,18H,9H2,1-3H3. The van der Waals surface area contributed by atoms with E-state index >= 15 is 0 Å². The highest BCUT2D eigenvalue weighted by atomic mass is 79.9. The fourth-order valence-corrected chi connectivity index (χ4v) is 3.95. The van der Waals surface area contributed by atoms with E-state index in [1.54, 1.807) is 0 Å². The Morgan fingerprint density at radius 3 is 2.56 bits per heavy atom. The maximum absolute atomic E-state index is 3.72. The molecular formula is C16H18BrN. The second kappa shape index (κ2) is 4.07. The van der Waals surface area contributed by atoms with E-state index in [2.05, 4.69) is 72.5 Å². The second-order valence-electron chi connectivity index (χ2n) is 5.80. The Hall–Kier alpha value is -0.860. The summed E-state index contributed by atoms with van der Waals surface area (Å²) in [4.78, 5) is 0. The molecule has 0 heterocycles. The summed E-state index contributed by atoms with van der Waals surface area (Å²) in [6.45, 7) is 4.70. The van der Waals surface area contributed by atoms with E-state index in [1.165, 1.54) is 32.8 Å². The molecular weight excluding hydrogens is 286 g/mol. The molecule has 0 bridgehead atoms. The van der Waals surface area contributed by atoms with Gasteiger partial charge in [0.05, 0.1) is 0 Å². The molecule has 0 radical (unpaired) electrons. The van der Waals surface area contributed by atoms with E-state index in [0.29, 0.717) is 6.04 Å². The van der Waals surface area contributed by atoms with Crippen molar-refractivity contribution in [1.29, 1.82) is 0 Å². The third-order valence-corrected chi connectivity index (χ3v) is 4.80. The Morgan fingerprint density at radius 2 is 1.89 bits per heavy atom. The molecule has 0 aliphatic heterocycles. The zero-order chi connectivity index (χ0) is 12.9. The molecule has 2 aromatic rings. The van der Waals surface area contributed by atoms with E-state index in [0.717, 1.165) is 0 Å². The van der Waals surface area contributed by atoms with E-state index in [4.69, 9.17) is 0 Å². The van der Waals surface area contributed by atoms with Crippen LogP contribution < -0.4 is 5.32 Å². The third kappa shape index (κ3) is 1.63. The van der Waals surface area contributed by atoms with Crippen LogP contribution >= 0.6 is 15.9 Å². The molecule has 1 N–H and O–H groups in total. The molecule has 18 heavy (non-hydrogen) atoms. The molecule has 1 nitrogen and oxygen atoms in total. The lowest BCUT2D eigenvalue weighted by molar-refractivity contribution is 0.448. The molecule has 94 valence electrons. The number of halogens is 1. The predicted octanol–water partition coefficient (Wildman–Crippen LogP) is 4.54. The molecule has 3 rings (SSSR count). The molecule has 0 aromatic heterocycles. The minimum atomic E-state index is 0.239. The van der Waals surface area contributed by atoms with Crippen molar-refractivity contribution in [1.82, 2.24) is 5.32 Å². The summed E-state index contributed by atoms with van der Waals surface area (Å²) >= 11 is 3.72. The summed E-state index contributed by atoms with van der Waals surface area (Å²) < 4.78 is 1.20. The minimum absolute atomic E-state index is 0.239. The highest BCUT2D eigenvalue weighted by molar-refractivity contribution is 9.10. The van der Waals surface area contributed by atoms with Crippen molar-refractivity contribution in [2.45, 2.75) is 31.7 Å². The molecule has 0 amide bonds. The summed E-state index contributed by atoms with van der Waals surface area (Å²) in [6.07, 6.45) is 1.17. The van der Waals surface area contributed by atoms with Gasteiger partial charge < -0.3 is 5.32 Å². The lowest BCUT2D eigenvalue weighted by Gasteiger charge is -2.21. The minimum Gasteiger partial charge on any atom is -0.313 e. The molecule has 1 atom stereocenters. The summed E-state index contributed by atoms with van der Waals surface area (Å²) in [6, 6.07) is 11.5. The summed E-state index contributed by atoms with van der Waals surface area (Å²) in [7, 11) is 2.05. The van der Waals surface area contributed by atoms with Crippen LogP contribution in [0, 0.1) is 0 Å². The van der Waals surface area contributed by atoms with Gasteiger partial charge in [0.2, 0.25) is 0 Å². The van der Waals surface area contributed by atoms with Gasteiger partial charge in [0.25, 0.3) is 0 Å². The zero-order valence-electron chi connectivity index (χ0n) is 11.0. The van der Waals surface area contributed by atoms with Crippen LogP contribution in [0.5, 0.6) is 0 Å². The molecule has 2 heteroatoms. The molecule has 1 aliphatic carbocycles. The summed E-state index contributed by atoms with van der Waals surface area (Å²) in [5, 5.41) is 6.16. The van der Waals surface area contributed by atoms with Gasteiger partial charge in [0.15, 0.2) is 0 Å². The fourth-order valence-electron chi connectivity index (χ4n) is 3.36. The number of benzene rings is 2. The topological polar surface area (TPSA) is 12.0 Å². The Kier molecular flexibility index (Phi) is 2.76. The average Bonchev–Trinajstić information content (AvgIpc) is 2.61. The number of hydrogen-bond donors (Lipinski definition) is 1. The largest absolute Gasteiger partial charge is 0.313 e. The van der Waals surface area contributed by atoms with Gasteiger partial charge in [-0.25, -0.2) is 0 Å². The highest BCUT2D eigenvalue weighted by Crippen LogP contribution is 2.49. The van der Waals surface area contributed by atoms with Crippen molar-refractivity contribution in [2.75, 3.05) is 7.05 Å². The first kappa shape index (κ1) is 12.2. The molecule has 1 unspecified atom stereocenters. The normalized spacial score (nSPS) is 21.2. The Morgan fingerprint density at radius 1 is 1.22 bits per heavy atom. The zero-order valence-corrected chi connectivity index (χ0v) is 12.6. The van der Waals surface area contributed by atoms with Gasteiger partial charge in [-0.05, 0) is 46.8 Å². The molecule has 1 aliphatic rings. The van der Waals surface area contributed by atoms with E-state index in [-0.39, 0.29) is 5.41 Å². The second-order valence-corrected chi connectivity index (χ2v) is 6.65. The van der Waals surface area contributed by atoms with Gasteiger partial charge in [0, 0.05) is 10.5 Å². The van der Waals surface area contributed by atoms with Gasteiger partial charge in [-0.1, -0.05) is 54.0 Å². The van der Waals surface area contributed by atoms with Crippen molar-refractivity contribution < 1.29 is 0 Å². The molecule has 0 fully saturated rings. The number of fused-ring (bicyclic) bond motifs is 3. The highest BCUT2D eigenvalue weighted by Gasteiger charge is 2.37. The van der Waals surface area contributed by atoms with Crippen LogP contribution in [0.4, 0.5) is 0 Å². The van der Waals surface area contributed by atoms with Gasteiger partial charge in [-0.15, -0.1) is 0 Å². The summed E-state index contributed by atoms with van der Waals surface area (Å²) in [5.41, 5.74) is 3.21. The first-order valence-corrected chi connectivity index (χ1v) is 7.23. The van der Waals surface area contributed by atoms with E-state index < -0.39 is 0 Å². The maximum atomic E-state index is 3.72. The van der Waals surface area contributed by atoms with E-state index in [9.17, 15) is 0 Å². The first-order chi connectivity index (χ1) is 8.54. The third-order valence-electron chi connectivity index (χ3n) is 4.14. The van der Waals surface area contributed by atoms with Crippen LogP contribution in [0.25, 0.3) is 10.8 Å². The number of hydrogen-bond acceptors (Lipinski definition) is 1. The predicted molar refractivity (Wildman–Crippen MR) is 81.1 cm³/mol. The van der Waals surface area contributed by atoms with E-state index in [1.807, 2.05) is 0 Å². The van der Waals surface area contributed by atoms with Crippen LogP contribution in [0.15, 0.2) is 34.8 Å². The summed E-state index contributed by atoms with van der Waals surface area (Å²) in [5.74, 6) is 0. The van der Waals surface area contributed by atoms with Crippen molar-refractivity contribution in [2.24, 2.45) is 0 Å². The van der Waals surface area contributed by atoms with Crippen molar-refractivity contribution in [3.63, 3.8) is 0 Å². The van der Waals surface area contributed by atoms with Crippen LogP contribution in [0.2, 0.25) is 0 Å². The first-order valence-electron chi connectivity index (χ1n) is 6.43. The van der Waals surface area contributed by atoms with Crippen LogP contribution in [0.3, 0.4) is 0 Å². The SMILES string of the molecule is CNC1CC(C)(C)c2c1cc(Br)c1ccccc21. The Bertz CT molecular complexity index is 616. The average molecular weight is 304 g/mol. The van der Waals surface area contributed by atoms with Gasteiger partial charge >= 0.3 is 0 Å². The van der Waals surface area contributed by atoms with Gasteiger partial charge in [0.1, 0.15) is 0 Å². The lowest BCUT2D eigenvalue weighted by Crippen LogP contribution is -2.17. The van der Waals surface area contributed by atoms with Crippen LogP contribution in [-0.4, -0.2) is 7.05 Å². The Labute approximate surface area is 117 Å². The smallest absolute Gasteiger partial charge is 0.0329 e. The Balaban J connectivity index is 2.41. The van der Waals surface area contributed by atoms with Crippen molar-refractivity contribution in [3.05, 3.63) is 45.9 Å². The fraction of sp³-hybridized carbons (Fsp3) is 0.375. The van der Waals surface area contributed by atoms with Gasteiger partial charge in [-0.2, -0.15) is 0 Å². The van der Waals surface area contributed by atoms with Gasteiger partial charge in [-0.3, -0.25) is 0 Å². The molecule has 0 spiro atoms. The maximum Gasteiger partial charge on any atom is 0.0329 e. The number of nitrogens with one attached hydrogen (secondary N) is 1.